The van der Waals surface area contributed by atoms with Crippen LogP contribution in [0.15, 0.2) is 40.8 Å². The SMILES string of the molecule is Cc1oc(COc2ccccc2)cc1CNC1CC1. The molecule has 0 saturated heterocycles. The monoisotopic (exact) mass is 257 g/mol. The van der Waals surface area contributed by atoms with Crippen LogP contribution in [0, 0.1) is 6.92 Å². The van der Waals surface area contributed by atoms with Gasteiger partial charge in [-0.05, 0) is 38.0 Å². The topological polar surface area (TPSA) is 34.4 Å². The second-order valence-electron chi connectivity index (χ2n) is 5.05. The van der Waals surface area contributed by atoms with Gasteiger partial charge in [-0.25, -0.2) is 0 Å². The number of para-hydroxylation sites is 1. The van der Waals surface area contributed by atoms with E-state index in [-0.39, 0.29) is 0 Å². The molecule has 19 heavy (non-hydrogen) atoms. The third kappa shape index (κ3) is 3.38. The minimum absolute atomic E-state index is 0.480. The molecular formula is C16H19NO2. The zero-order valence-corrected chi connectivity index (χ0v) is 11.2. The molecule has 3 heteroatoms. The van der Waals surface area contributed by atoms with E-state index in [1.54, 1.807) is 0 Å². The number of benzene rings is 1. The number of rotatable bonds is 6. The largest absolute Gasteiger partial charge is 0.486 e. The molecule has 100 valence electrons. The van der Waals surface area contributed by atoms with Crippen LogP contribution in [-0.4, -0.2) is 6.04 Å². The molecule has 1 aliphatic rings. The van der Waals surface area contributed by atoms with Gasteiger partial charge in [0, 0.05) is 18.2 Å². The van der Waals surface area contributed by atoms with Crippen LogP contribution in [-0.2, 0) is 13.2 Å². The Balaban J connectivity index is 1.57. The van der Waals surface area contributed by atoms with Gasteiger partial charge in [0.1, 0.15) is 23.9 Å². The highest BCUT2D eigenvalue weighted by Gasteiger charge is 2.20. The Labute approximate surface area is 113 Å². The Hall–Kier alpha value is -1.74. The number of furan rings is 1. The van der Waals surface area contributed by atoms with Crippen molar-refractivity contribution in [1.82, 2.24) is 5.32 Å². The smallest absolute Gasteiger partial charge is 0.146 e. The fourth-order valence-corrected chi connectivity index (χ4v) is 2.05. The second-order valence-corrected chi connectivity index (χ2v) is 5.05. The molecule has 1 aromatic carbocycles. The number of ether oxygens (including phenoxy) is 1. The predicted molar refractivity (Wildman–Crippen MR) is 74.1 cm³/mol. The van der Waals surface area contributed by atoms with Crippen molar-refractivity contribution in [1.29, 1.82) is 0 Å². The molecule has 1 saturated carbocycles. The zero-order valence-electron chi connectivity index (χ0n) is 11.2. The summed E-state index contributed by atoms with van der Waals surface area (Å²) in [6.07, 6.45) is 2.61. The molecule has 1 heterocycles. The quantitative estimate of drug-likeness (QED) is 0.861. The van der Waals surface area contributed by atoms with E-state index in [2.05, 4.69) is 11.4 Å². The molecule has 0 bridgehead atoms. The average Bonchev–Trinajstić information content (AvgIpc) is 3.19. The summed E-state index contributed by atoms with van der Waals surface area (Å²) >= 11 is 0. The Bertz CT molecular complexity index is 529. The minimum atomic E-state index is 0.480. The molecule has 1 N–H and O–H groups in total. The molecule has 2 aromatic rings. The average molecular weight is 257 g/mol. The molecule has 3 rings (SSSR count). The van der Waals surface area contributed by atoms with E-state index < -0.39 is 0 Å². The fourth-order valence-electron chi connectivity index (χ4n) is 2.05. The molecule has 0 amide bonds. The van der Waals surface area contributed by atoms with Gasteiger partial charge in [0.05, 0.1) is 0 Å². The summed E-state index contributed by atoms with van der Waals surface area (Å²) in [6, 6.07) is 12.6. The zero-order chi connectivity index (χ0) is 13.1. The van der Waals surface area contributed by atoms with Gasteiger partial charge < -0.3 is 14.5 Å². The molecule has 1 fully saturated rings. The third-order valence-corrected chi connectivity index (χ3v) is 3.35. The number of hydrogen-bond donors (Lipinski definition) is 1. The van der Waals surface area contributed by atoms with E-state index in [1.807, 2.05) is 37.3 Å². The first-order chi connectivity index (χ1) is 9.31. The highest BCUT2D eigenvalue weighted by Crippen LogP contribution is 2.21. The van der Waals surface area contributed by atoms with Crippen molar-refractivity contribution in [3.63, 3.8) is 0 Å². The van der Waals surface area contributed by atoms with Crippen molar-refractivity contribution in [3.8, 4) is 5.75 Å². The molecular weight excluding hydrogens is 238 g/mol. The van der Waals surface area contributed by atoms with Crippen LogP contribution in [0.3, 0.4) is 0 Å². The van der Waals surface area contributed by atoms with E-state index in [1.165, 1.54) is 18.4 Å². The highest BCUT2D eigenvalue weighted by atomic mass is 16.5. The Kier molecular flexibility index (Phi) is 3.56. The molecule has 0 spiro atoms. The van der Waals surface area contributed by atoms with Crippen LogP contribution >= 0.6 is 0 Å². The highest BCUT2D eigenvalue weighted by molar-refractivity contribution is 5.23. The molecule has 3 nitrogen and oxygen atoms in total. The lowest BCUT2D eigenvalue weighted by atomic mass is 10.2. The maximum absolute atomic E-state index is 5.72. The Morgan fingerprint density at radius 3 is 2.79 bits per heavy atom. The predicted octanol–water partition coefficient (Wildman–Crippen LogP) is 3.42. The van der Waals surface area contributed by atoms with Crippen molar-refractivity contribution in [3.05, 3.63) is 53.5 Å². The van der Waals surface area contributed by atoms with E-state index in [0.29, 0.717) is 6.61 Å². The van der Waals surface area contributed by atoms with Gasteiger partial charge in [0.25, 0.3) is 0 Å². The molecule has 0 radical (unpaired) electrons. The van der Waals surface area contributed by atoms with Gasteiger partial charge in [-0.1, -0.05) is 18.2 Å². The first-order valence-electron chi connectivity index (χ1n) is 6.80. The Morgan fingerprint density at radius 1 is 1.26 bits per heavy atom. The van der Waals surface area contributed by atoms with Gasteiger partial charge in [-0.2, -0.15) is 0 Å². The van der Waals surface area contributed by atoms with Gasteiger partial charge in [0.15, 0.2) is 0 Å². The summed E-state index contributed by atoms with van der Waals surface area (Å²) in [7, 11) is 0. The van der Waals surface area contributed by atoms with Crippen molar-refractivity contribution < 1.29 is 9.15 Å². The summed E-state index contributed by atoms with van der Waals surface area (Å²) in [4.78, 5) is 0. The molecule has 0 aliphatic heterocycles. The molecule has 1 aliphatic carbocycles. The van der Waals surface area contributed by atoms with E-state index >= 15 is 0 Å². The lowest BCUT2D eigenvalue weighted by molar-refractivity contribution is 0.267. The summed E-state index contributed by atoms with van der Waals surface area (Å²) in [6.45, 7) is 3.38. The van der Waals surface area contributed by atoms with Crippen LogP contribution in [0.5, 0.6) is 5.75 Å². The normalized spacial score (nSPS) is 14.6. The van der Waals surface area contributed by atoms with Crippen LogP contribution in [0.1, 0.15) is 29.9 Å². The van der Waals surface area contributed by atoms with Crippen LogP contribution in [0.25, 0.3) is 0 Å². The maximum Gasteiger partial charge on any atom is 0.146 e. The van der Waals surface area contributed by atoms with E-state index in [9.17, 15) is 0 Å². The lowest BCUT2D eigenvalue weighted by Gasteiger charge is -2.02. The molecule has 0 atom stereocenters. The lowest BCUT2D eigenvalue weighted by Crippen LogP contribution is -2.15. The van der Waals surface area contributed by atoms with Gasteiger partial charge in [0.2, 0.25) is 0 Å². The number of hydrogen-bond acceptors (Lipinski definition) is 3. The van der Waals surface area contributed by atoms with Crippen LogP contribution in [0.4, 0.5) is 0 Å². The molecule has 0 unspecified atom stereocenters. The standard InChI is InChI=1S/C16H19NO2/c1-12-13(10-17-14-7-8-14)9-16(19-12)11-18-15-5-3-2-4-6-15/h2-6,9,14,17H,7-8,10-11H2,1H3. The second kappa shape index (κ2) is 5.49. The summed E-state index contributed by atoms with van der Waals surface area (Å²) in [5.74, 6) is 2.74. The third-order valence-electron chi connectivity index (χ3n) is 3.35. The fraction of sp³-hybridized carbons (Fsp3) is 0.375. The summed E-state index contributed by atoms with van der Waals surface area (Å²) in [5.41, 5.74) is 1.23. The van der Waals surface area contributed by atoms with E-state index in [0.717, 1.165) is 29.9 Å². The minimum Gasteiger partial charge on any atom is -0.486 e. The summed E-state index contributed by atoms with van der Waals surface area (Å²) < 4.78 is 11.4. The number of aryl methyl sites for hydroxylation is 1. The maximum atomic E-state index is 5.72. The van der Waals surface area contributed by atoms with Gasteiger partial charge in [-0.15, -0.1) is 0 Å². The van der Waals surface area contributed by atoms with E-state index in [4.69, 9.17) is 9.15 Å². The van der Waals surface area contributed by atoms with Crippen molar-refractivity contribution >= 4 is 0 Å². The van der Waals surface area contributed by atoms with Crippen molar-refractivity contribution in [2.75, 3.05) is 0 Å². The summed E-state index contributed by atoms with van der Waals surface area (Å²) in [5, 5.41) is 3.50. The Morgan fingerprint density at radius 2 is 2.05 bits per heavy atom. The van der Waals surface area contributed by atoms with Crippen LogP contribution in [0.2, 0.25) is 0 Å². The van der Waals surface area contributed by atoms with Gasteiger partial charge in [-0.3, -0.25) is 0 Å². The number of nitrogens with one attached hydrogen (secondary N) is 1. The first-order valence-corrected chi connectivity index (χ1v) is 6.80. The van der Waals surface area contributed by atoms with Crippen molar-refractivity contribution in [2.24, 2.45) is 0 Å². The van der Waals surface area contributed by atoms with Crippen LogP contribution < -0.4 is 10.1 Å². The first kappa shape index (κ1) is 12.3. The van der Waals surface area contributed by atoms with Crippen molar-refractivity contribution in [2.45, 2.75) is 39.0 Å². The molecule has 1 aromatic heterocycles. The van der Waals surface area contributed by atoms with Gasteiger partial charge >= 0.3 is 0 Å².